The summed E-state index contributed by atoms with van der Waals surface area (Å²) in [5.41, 5.74) is 1.26. The summed E-state index contributed by atoms with van der Waals surface area (Å²) in [6.45, 7) is 7.60. The number of rotatable bonds is 6. The summed E-state index contributed by atoms with van der Waals surface area (Å²) in [7, 11) is 0. The van der Waals surface area contributed by atoms with Gasteiger partial charge < -0.3 is 10.1 Å². The monoisotopic (exact) mass is 353 g/mol. The number of halogens is 1. The first-order chi connectivity index (χ1) is 10.2. The van der Waals surface area contributed by atoms with Crippen molar-refractivity contribution in [1.82, 2.24) is 5.32 Å². The van der Waals surface area contributed by atoms with Gasteiger partial charge in [-0.1, -0.05) is 36.2 Å². The van der Waals surface area contributed by atoms with Gasteiger partial charge in [0.25, 0.3) is 0 Å². The molecule has 3 heteroatoms. The molecule has 0 amide bonds. The van der Waals surface area contributed by atoms with Crippen LogP contribution in [0.25, 0.3) is 0 Å². The smallest absolute Gasteiger partial charge is 0.124 e. The summed E-state index contributed by atoms with van der Waals surface area (Å²) in [6, 6.07) is 6.70. The van der Waals surface area contributed by atoms with Gasteiger partial charge in [-0.2, -0.15) is 0 Å². The van der Waals surface area contributed by atoms with Crippen molar-refractivity contribution in [2.24, 2.45) is 5.92 Å². The molecule has 0 saturated heterocycles. The molecule has 1 fully saturated rings. The maximum absolute atomic E-state index is 6.45. The summed E-state index contributed by atoms with van der Waals surface area (Å²) in [6.07, 6.45) is 6.78. The van der Waals surface area contributed by atoms with Crippen LogP contribution in [-0.4, -0.2) is 12.6 Å². The van der Waals surface area contributed by atoms with Crippen molar-refractivity contribution in [2.45, 2.75) is 65.0 Å². The molecule has 1 aliphatic carbocycles. The second-order valence-corrected chi connectivity index (χ2v) is 6.99. The number of benzene rings is 1. The fourth-order valence-electron chi connectivity index (χ4n) is 3.34. The van der Waals surface area contributed by atoms with Crippen molar-refractivity contribution >= 4 is 15.9 Å². The largest absolute Gasteiger partial charge is 0.490 e. The van der Waals surface area contributed by atoms with Crippen molar-refractivity contribution in [2.75, 3.05) is 6.54 Å². The third-order valence-electron chi connectivity index (χ3n) is 4.59. The fourth-order valence-corrected chi connectivity index (χ4v) is 3.72. The van der Waals surface area contributed by atoms with Crippen LogP contribution >= 0.6 is 15.9 Å². The van der Waals surface area contributed by atoms with E-state index in [4.69, 9.17) is 4.74 Å². The first kappa shape index (κ1) is 16.8. The van der Waals surface area contributed by atoms with E-state index < -0.39 is 0 Å². The highest BCUT2D eigenvalue weighted by molar-refractivity contribution is 9.10. The van der Waals surface area contributed by atoms with Crippen LogP contribution in [0.1, 0.15) is 64.5 Å². The average Bonchev–Trinajstić information content (AvgIpc) is 2.49. The van der Waals surface area contributed by atoms with Gasteiger partial charge in [-0.15, -0.1) is 0 Å². The maximum atomic E-state index is 6.45. The lowest BCUT2D eigenvalue weighted by Crippen LogP contribution is -2.30. The Morgan fingerprint density at radius 1 is 1.29 bits per heavy atom. The lowest BCUT2D eigenvalue weighted by molar-refractivity contribution is 0.0889. The SMILES string of the molecule is CCNC(C)c1cc(Br)ccc1OC1CCCCC1CC. The van der Waals surface area contributed by atoms with Crippen molar-refractivity contribution < 1.29 is 4.74 Å². The minimum absolute atomic E-state index is 0.311. The zero-order valence-corrected chi connectivity index (χ0v) is 15.1. The summed E-state index contributed by atoms with van der Waals surface area (Å²) in [5.74, 6) is 1.77. The third-order valence-corrected chi connectivity index (χ3v) is 5.08. The first-order valence-electron chi connectivity index (χ1n) is 8.35. The standard InChI is InChI=1S/C18H28BrNO/c1-4-14-8-6-7-9-17(14)21-18-11-10-15(19)12-16(18)13(3)20-5-2/h10-14,17,20H,4-9H2,1-3H3. The molecule has 21 heavy (non-hydrogen) atoms. The van der Waals surface area contributed by atoms with Gasteiger partial charge in [-0.25, -0.2) is 0 Å². The van der Waals surface area contributed by atoms with Crippen LogP contribution in [0.2, 0.25) is 0 Å². The molecule has 118 valence electrons. The molecule has 3 atom stereocenters. The molecule has 0 bridgehead atoms. The van der Waals surface area contributed by atoms with E-state index in [-0.39, 0.29) is 0 Å². The molecule has 1 saturated carbocycles. The fraction of sp³-hybridized carbons (Fsp3) is 0.667. The minimum Gasteiger partial charge on any atom is -0.490 e. The van der Waals surface area contributed by atoms with E-state index in [2.05, 4.69) is 60.2 Å². The molecular formula is C18H28BrNO. The molecule has 0 aromatic heterocycles. The normalized spacial score (nSPS) is 23.8. The van der Waals surface area contributed by atoms with E-state index in [0.717, 1.165) is 16.8 Å². The summed E-state index contributed by atoms with van der Waals surface area (Å²) < 4.78 is 7.57. The van der Waals surface area contributed by atoms with Gasteiger partial charge in [-0.05, 0) is 63.3 Å². The van der Waals surface area contributed by atoms with E-state index in [0.29, 0.717) is 18.1 Å². The van der Waals surface area contributed by atoms with Gasteiger partial charge in [-0.3, -0.25) is 0 Å². The molecular weight excluding hydrogens is 326 g/mol. The van der Waals surface area contributed by atoms with Crippen LogP contribution in [0, 0.1) is 5.92 Å². The van der Waals surface area contributed by atoms with Crippen LogP contribution in [0.5, 0.6) is 5.75 Å². The molecule has 0 radical (unpaired) electrons. The zero-order chi connectivity index (χ0) is 15.2. The van der Waals surface area contributed by atoms with E-state index >= 15 is 0 Å². The van der Waals surface area contributed by atoms with E-state index in [9.17, 15) is 0 Å². The molecule has 2 rings (SSSR count). The van der Waals surface area contributed by atoms with Gasteiger partial charge in [0.1, 0.15) is 11.9 Å². The maximum Gasteiger partial charge on any atom is 0.124 e. The van der Waals surface area contributed by atoms with E-state index in [1.165, 1.54) is 37.7 Å². The molecule has 1 aromatic carbocycles. The Kier molecular flexibility index (Phi) is 6.56. The average molecular weight is 354 g/mol. The number of nitrogens with one attached hydrogen (secondary N) is 1. The van der Waals surface area contributed by atoms with Crippen molar-refractivity contribution in [1.29, 1.82) is 0 Å². The molecule has 0 spiro atoms. The molecule has 0 aliphatic heterocycles. The van der Waals surface area contributed by atoms with Gasteiger partial charge in [0.05, 0.1) is 0 Å². The lowest BCUT2D eigenvalue weighted by Gasteiger charge is -2.32. The van der Waals surface area contributed by atoms with Crippen molar-refractivity contribution in [3.05, 3.63) is 28.2 Å². The molecule has 1 aliphatic rings. The predicted octanol–water partition coefficient (Wildman–Crippen LogP) is 5.47. The predicted molar refractivity (Wildman–Crippen MR) is 92.9 cm³/mol. The Morgan fingerprint density at radius 3 is 2.76 bits per heavy atom. The zero-order valence-electron chi connectivity index (χ0n) is 13.5. The van der Waals surface area contributed by atoms with Crippen LogP contribution in [0.15, 0.2) is 22.7 Å². The number of ether oxygens (including phenoxy) is 1. The summed E-state index contributed by atoms with van der Waals surface area (Å²) in [5, 5.41) is 3.49. The Hall–Kier alpha value is -0.540. The highest BCUT2D eigenvalue weighted by Crippen LogP contribution is 2.34. The Bertz CT molecular complexity index is 449. The Morgan fingerprint density at radius 2 is 2.05 bits per heavy atom. The first-order valence-corrected chi connectivity index (χ1v) is 9.14. The van der Waals surface area contributed by atoms with E-state index in [1.54, 1.807) is 0 Å². The molecule has 0 heterocycles. The lowest BCUT2D eigenvalue weighted by atomic mass is 9.84. The van der Waals surface area contributed by atoms with Crippen LogP contribution in [0.3, 0.4) is 0 Å². The third kappa shape index (κ3) is 4.46. The topological polar surface area (TPSA) is 21.3 Å². The molecule has 1 N–H and O–H groups in total. The van der Waals surface area contributed by atoms with Crippen molar-refractivity contribution in [3.8, 4) is 5.75 Å². The number of hydrogen-bond donors (Lipinski definition) is 1. The van der Waals surface area contributed by atoms with Gasteiger partial charge in [0.2, 0.25) is 0 Å². The van der Waals surface area contributed by atoms with Gasteiger partial charge in [0.15, 0.2) is 0 Å². The minimum atomic E-state index is 0.311. The quantitative estimate of drug-likeness (QED) is 0.732. The van der Waals surface area contributed by atoms with Crippen LogP contribution < -0.4 is 10.1 Å². The van der Waals surface area contributed by atoms with Gasteiger partial charge in [0, 0.05) is 16.1 Å². The highest BCUT2D eigenvalue weighted by atomic mass is 79.9. The molecule has 2 nitrogen and oxygen atoms in total. The van der Waals surface area contributed by atoms with E-state index in [1.807, 2.05) is 0 Å². The Labute approximate surface area is 137 Å². The molecule has 3 unspecified atom stereocenters. The van der Waals surface area contributed by atoms with Crippen LogP contribution in [-0.2, 0) is 0 Å². The second-order valence-electron chi connectivity index (χ2n) is 6.07. The van der Waals surface area contributed by atoms with Crippen LogP contribution in [0.4, 0.5) is 0 Å². The summed E-state index contributed by atoms with van der Waals surface area (Å²) in [4.78, 5) is 0. The Balaban J connectivity index is 2.18. The second kappa shape index (κ2) is 8.19. The molecule has 1 aromatic rings. The van der Waals surface area contributed by atoms with Gasteiger partial charge >= 0.3 is 0 Å². The highest BCUT2D eigenvalue weighted by Gasteiger charge is 2.26. The summed E-state index contributed by atoms with van der Waals surface area (Å²) >= 11 is 3.58. The van der Waals surface area contributed by atoms with Crippen molar-refractivity contribution in [3.63, 3.8) is 0 Å². The number of hydrogen-bond acceptors (Lipinski definition) is 2.